The highest BCUT2D eigenvalue weighted by molar-refractivity contribution is 6.01. The fourth-order valence-electron chi connectivity index (χ4n) is 4.17. The predicted octanol–water partition coefficient (Wildman–Crippen LogP) is 5.32. The highest BCUT2D eigenvalue weighted by atomic mass is 19.4. The smallest absolute Gasteiger partial charge is 0.454 e. The van der Waals surface area contributed by atoms with Crippen LogP contribution in [0.25, 0.3) is 22.2 Å². The van der Waals surface area contributed by atoms with Gasteiger partial charge in [-0.25, -0.2) is 4.98 Å². The van der Waals surface area contributed by atoms with Crippen molar-refractivity contribution >= 4 is 22.7 Å². The van der Waals surface area contributed by atoms with Crippen molar-refractivity contribution in [2.24, 2.45) is 0 Å². The Hall–Kier alpha value is -4.14. The summed E-state index contributed by atoms with van der Waals surface area (Å²) in [6.07, 6.45) is -4.96. The van der Waals surface area contributed by atoms with E-state index in [1.165, 1.54) is 12.1 Å². The highest BCUT2D eigenvalue weighted by Crippen LogP contribution is 2.31. The number of Topliss-reactive ketones (excluding diaryl/α,β-unsaturated/α-hetero) is 1. The molecule has 0 atom stereocenters. The zero-order valence-corrected chi connectivity index (χ0v) is 18.6. The number of rotatable bonds is 3. The lowest BCUT2D eigenvalue weighted by Crippen LogP contribution is -2.32. The average molecular weight is 479 g/mol. The summed E-state index contributed by atoms with van der Waals surface area (Å²) in [7, 11) is 0. The van der Waals surface area contributed by atoms with Crippen molar-refractivity contribution in [2.45, 2.75) is 19.6 Å². The van der Waals surface area contributed by atoms with E-state index < -0.39 is 17.5 Å². The number of nitrogens with one attached hydrogen (secondary N) is 1. The van der Waals surface area contributed by atoms with Crippen LogP contribution >= 0.6 is 0 Å². The Bertz CT molecular complexity index is 1440. The van der Waals surface area contributed by atoms with Crippen LogP contribution in [0.4, 0.5) is 13.2 Å². The van der Waals surface area contributed by atoms with Crippen molar-refractivity contribution in [2.75, 3.05) is 13.2 Å². The summed E-state index contributed by atoms with van der Waals surface area (Å²) >= 11 is 0. The van der Waals surface area contributed by atoms with Crippen LogP contribution in [0.3, 0.4) is 0 Å². The molecule has 1 N–H and O–H groups in total. The summed E-state index contributed by atoms with van der Waals surface area (Å²) in [5.41, 5.74) is 4.25. The Labute approximate surface area is 198 Å². The number of halogens is 3. The van der Waals surface area contributed by atoms with Crippen LogP contribution in [0.1, 0.15) is 32.1 Å². The fourth-order valence-corrected chi connectivity index (χ4v) is 4.17. The van der Waals surface area contributed by atoms with Crippen LogP contribution in [-0.4, -0.2) is 45.9 Å². The third-order valence-electron chi connectivity index (χ3n) is 5.91. The molecule has 5 rings (SSSR count). The minimum atomic E-state index is -4.96. The molecule has 0 unspecified atom stereocenters. The summed E-state index contributed by atoms with van der Waals surface area (Å²) in [5.74, 6) is -0.789. The van der Waals surface area contributed by atoms with E-state index in [9.17, 15) is 22.8 Å². The number of carbonyl (C=O) groups is 2. The molecular weight excluding hydrogens is 459 g/mol. The number of hydrogen-bond acceptors (Lipinski definition) is 4. The van der Waals surface area contributed by atoms with Gasteiger partial charge in [-0.15, -0.1) is 0 Å². The molecule has 1 aliphatic heterocycles. The number of aryl methyl sites for hydroxylation is 1. The average Bonchev–Trinajstić information content (AvgIpc) is 3.08. The molecule has 0 saturated carbocycles. The lowest BCUT2D eigenvalue weighted by Gasteiger charge is -2.20. The summed E-state index contributed by atoms with van der Waals surface area (Å²) in [5, 5.41) is 0. The molecule has 0 bridgehead atoms. The van der Waals surface area contributed by atoms with Crippen LogP contribution in [-0.2, 0) is 6.54 Å². The first-order chi connectivity index (χ1) is 16.7. The van der Waals surface area contributed by atoms with Gasteiger partial charge in [0.05, 0.1) is 17.6 Å². The van der Waals surface area contributed by atoms with Gasteiger partial charge in [-0.1, -0.05) is 24.3 Å². The van der Waals surface area contributed by atoms with Gasteiger partial charge in [0.25, 0.3) is 11.7 Å². The maximum Gasteiger partial charge on any atom is 0.454 e. The number of aromatic nitrogens is 2. The van der Waals surface area contributed by atoms with E-state index in [0.29, 0.717) is 12.3 Å². The van der Waals surface area contributed by atoms with E-state index in [1.807, 2.05) is 43.3 Å². The van der Waals surface area contributed by atoms with E-state index in [1.54, 1.807) is 4.90 Å². The van der Waals surface area contributed by atoms with Crippen molar-refractivity contribution in [3.05, 3.63) is 83.2 Å². The molecule has 1 aliphatic rings. The first-order valence-electron chi connectivity index (χ1n) is 10.9. The number of imidazole rings is 1. The van der Waals surface area contributed by atoms with Gasteiger partial charge in [0, 0.05) is 23.2 Å². The van der Waals surface area contributed by atoms with E-state index in [-0.39, 0.29) is 24.6 Å². The monoisotopic (exact) mass is 479 g/mol. The number of aromatic amines is 1. The van der Waals surface area contributed by atoms with E-state index in [2.05, 4.69) is 9.97 Å². The summed E-state index contributed by atoms with van der Waals surface area (Å²) in [6.45, 7) is 2.76. The molecule has 0 aliphatic carbocycles. The minimum Gasteiger partial charge on any atom is -0.491 e. The lowest BCUT2D eigenvalue weighted by molar-refractivity contribution is -0.0885. The molecule has 0 fully saturated rings. The number of nitrogens with zero attached hydrogens (tertiary/aromatic N) is 2. The van der Waals surface area contributed by atoms with Crippen LogP contribution in [0.15, 0.2) is 60.7 Å². The molecule has 0 spiro atoms. The van der Waals surface area contributed by atoms with Crippen LogP contribution in [0.2, 0.25) is 0 Å². The Morgan fingerprint density at radius 1 is 0.971 bits per heavy atom. The van der Waals surface area contributed by atoms with Crippen molar-refractivity contribution in [1.82, 2.24) is 14.9 Å². The number of hydrogen-bond donors (Lipinski definition) is 1. The van der Waals surface area contributed by atoms with Crippen molar-refractivity contribution in [3.8, 4) is 16.9 Å². The second-order valence-corrected chi connectivity index (χ2v) is 8.36. The normalized spacial score (nSPS) is 13.8. The van der Waals surface area contributed by atoms with Gasteiger partial charge in [-0.3, -0.25) is 9.59 Å². The Morgan fingerprint density at radius 2 is 1.66 bits per heavy atom. The van der Waals surface area contributed by atoms with Crippen LogP contribution < -0.4 is 4.74 Å². The topological polar surface area (TPSA) is 75.3 Å². The number of ether oxygens (including phenoxy) is 1. The molecule has 6 nitrogen and oxygen atoms in total. The lowest BCUT2D eigenvalue weighted by atomic mass is 10.0. The van der Waals surface area contributed by atoms with E-state index in [0.717, 1.165) is 45.7 Å². The van der Waals surface area contributed by atoms with Crippen molar-refractivity contribution < 1.29 is 27.5 Å². The maximum atomic E-state index is 13.1. The third-order valence-corrected chi connectivity index (χ3v) is 5.91. The number of H-pyrrole nitrogens is 1. The first-order valence-corrected chi connectivity index (χ1v) is 10.9. The molecule has 4 aromatic rings. The molecule has 0 radical (unpaired) electrons. The molecule has 1 aromatic heterocycles. The minimum absolute atomic E-state index is 0.198. The van der Waals surface area contributed by atoms with Gasteiger partial charge in [0.2, 0.25) is 0 Å². The highest BCUT2D eigenvalue weighted by Gasteiger charge is 2.39. The molecule has 9 heteroatoms. The molecule has 2 heterocycles. The molecule has 0 saturated heterocycles. The second-order valence-electron chi connectivity index (χ2n) is 8.36. The Morgan fingerprint density at radius 3 is 2.40 bits per heavy atom. The largest absolute Gasteiger partial charge is 0.491 e. The second kappa shape index (κ2) is 8.57. The predicted molar refractivity (Wildman–Crippen MR) is 123 cm³/mol. The zero-order valence-electron chi connectivity index (χ0n) is 18.6. The fraction of sp³-hybridized carbons (Fsp3) is 0.192. The molecule has 3 aromatic carbocycles. The molecular formula is C26H20F3N3O3. The van der Waals surface area contributed by atoms with Gasteiger partial charge in [-0.05, 0) is 54.4 Å². The summed E-state index contributed by atoms with van der Waals surface area (Å²) in [4.78, 5) is 33.7. The number of fused-ring (bicyclic) bond motifs is 2. The van der Waals surface area contributed by atoms with Gasteiger partial charge in [0.15, 0.2) is 0 Å². The number of carbonyl (C=O) groups excluding carboxylic acids is 2. The van der Waals surface area contributed by atoms with Gasteiger partial charge in [-0.2, -0.15) is 13.2 Å². The van der Waals surface area contributed by atoms with E-state index >= 15 is 0 Å². The standard InChI is InChI=1S/C26H20F3N3O3/c1-15-30-21-8-6-19(13-22(21)31-15)18-7-9-23-20(12-18)14-32(10-11-35-23)25(34)17-4-2-16(3-5-17)24(33)26(27,28)29/h2-9,12-13H,10-11,14H2,1H3,(H,30,31). The summed E-state index contributed by atoms with van der Waals surface area (Å²) < 4.78 is 43.8. The number of amides is 1. The van der Waals surface area contributed by atoms with Crippen LogP contribution in [0, 0.1) is 6.92 Å². The van der Waals surface area contributed by atoms with Gasteiger partial charge in [0.1, 0.15) is 18.2 Å². The zero-order chi connectivity index (χ0) is 24.7. The van der Waals surface area contributed by atoms with E-state index in [4.69, 9.17) is 4.74 Å². The van der Waals surface area contributed by atoms with Gasteiger partial charge < -0.3 is 14.6 Å². The first kappa shape index (κ1) is 22.6. The SMILES string of the molecule is Cc1nc2ccc(-c3ccc4c(c3)CN(C(=O)c3ccc(C(=O)C(F)(F)F)cc3)CCO4)cc2[nH]1. The third kappa shape index (κ3) is 4.49. The molecule has 35 heavy (non-hydrogen) atoms. The maximum absolute atomic E-state index is 13.1. The molecule has 1 amide bonds. The van der Waals surface area contributed by atoms with Gasteiger partial charge >= 0.3 is 6.18 Å². The van der Waals surface area contributed by atoms with Crippen molar-refractivity contribution in [1.29, 1.82) is 0 Å². The Balaban J connectivity index is 1.39. The number of alkyl halides is 3. The molecule has 178 valence electrons. The van der Waals surface area contributed by atoms with Crippen molar-refractivity contribution in [3.63, 3.8) is 0 Å². The number of ketones is 1. The van der Waals surface area contributed by atoms with Crippen LogP contribution in [0.5, 0.6) is 5.75 Å². The quantitative estimate of drug-likeness (QED) is 0.404. The summed E-state index contributed by atoms with van der Waals surface area (Å²) in [6, 6.07) is 16.3. The number of benzene rings is 3. The Kier molecular flexibility index (Phi) is 5.55.